The Balaban J connectivity index is 1.89. The van der Waals surface area contributed by atoms with Crippen molar-refractivity contribution in [1.82, 2.24) is 5.43 Å². The molecule has 0 saturated carbocycles. The summed E-state index contributed by atoms with van der Waals surface area (Å²) in [5.41, 5.74) is 9.91. The van der Waals surface area contributed by atoms with E-state index in [1.807, 2.05) is 0 Å². The summed E-state index contributed by atoms with van der Waals surface area (Å²) >= 11 is 5.78. The zero-order valence-corrected chi connectivity index (χ0v) is 13.8. The summed E-state index contributed by atoms with van der Waals surface area (Å²) in [6.07, 6.45) is 0.0488. The van der Waals surface area contributed by atoms with Crippen molar-refractivity contribution in [1.29, 1.82) is 0 Å². The van der Waals surface area contributed by atoms with Crippen LogP contribution in [0, 0.1) is 0 Å². The number of hydrogen-bond acceptors (Lipinski definition) is 4. The molecule has 4 N–H and O–H groups in total. The first-order valence-corrected chi connectivity index (χ1v) is 7.57. The number of nitrogens with two attached hydrogens (primary N) is 1. The molecule has 0 spiro atoms. The molecule has 0 bridgehead atoms. The molecule has 7 heteroatoms. The van der Waals surface area contributed by atoms with Gasteiger partial charge < -0.3 is 11.1 Å². The predicted molar refractivity (Wildman–Crippen MR) is 96.1 cm³/mol. The molecule has 124 valence electrons. The van der Waals surface area contributed by atoms with E-state index in [2.05, 4.69) is 15.8 Å². The summed E-state index contributed by atoms with van der Waals surface area (Å²) in [5, 5.41) is 7.23. The molecule has 2 aromatic rings. The van der Waals surface area contributed by atoms with Crippen molar-refractivity contribution >= 4 is 40.5 Å². The number of nitrogen functional groups attached to an aromatic ring is 1. The molecule has 0 unspecified atom stereocenters. The summed E-state index contributed by atoms with van der Waals surface area (Å²) in [6.45, 7) is 1.65. The SMILES string of the molecule is C/C(CC(=O)Nc1ccc(Cl)cc1)=N/NC(=O)c1ccccc1N. The first-order chi connectivity index (χ1) is 11.5. The lowest BCUT2D eigenvalue weighted by Gasteiger charge is -2.06. The van der Waals surface area contributed by atoms with E-state index < -0.39 is 5.91 Å². The van der Waals surface area contributed by atoms with Gasteiger partial charge in [0.25, 0.3) is 5.91 Å². The Labute approximate surface area is 144 Å². The van der Waals surface area contributed by atoms with Gasteiger partial charge in [-0.25, -0.2) is 5.43 Å². The number of hydrogen-bond donors (Lipinski definition) is 3. The van der Waals surface area contributed by atoms with E-state index in [0.717, 1.165) is 0 Å². The number of carbonyl (C=O) groups excluding carboxylic acids is 2. The molecule has 0 aromatic heterocycles. The minimum Gasteiger partial charge on any atom is -0.398 e. The minimum atomic E-state index is -0.425. The molecular weight excluding hydrogens is 328 g/mol. The van der Waals surface area contributed by atoms with Gasteiger partial charge in [-0.05, 0) is 43.3 Å². The Kier molecular flexibility index (Phi) is 5.92. The van der Waals surface area contributed by atoms with Crippen LogP contribution in [0.1, 0.15) is 23.7 Å². The maximum Gasteiger partial charge on any atom is 0.273 e. The van der Waals surface area contributed by atoms with Gasteiger partial charge >= 0.3 is 0 Å². The van der Waals surface area contributed by atoms with Crippen LogP contribution in [0.4, 0.5) is 11.4 Å². The Hall–Kier alpha value is -2.86. The molecular formula is C17H17ClN4O2. The fourth-order valence-electron chi connectivity index (χ4n) is 1.92. The van der Waals surface area contributed by atoms with Gasteiger partial charge in [-0.2, -0.15) is 5.10 Å². The van der Waals surface area contributed by atoms with Crippen LogP contribution in [0.15, 0.2) is 53.6 Å². The van der Waals surface area contributed by atoms with Crippen LogP contribution in [-0.2, 0) is 4.79 Å². The smallest absolute Gasteiger partial charge is 0.273 e. The van der Waals surface area contributed by atoms with E-state index >= 15 is 0 Å². The standard InChI is InChI=1S/C17H17ClN4O2/c1-11(10-16(23)20-13-8-6-12(18)7-9-13)21-22-17(24)14-4-2-3-5-15(14)19/h2-9H,10,19H2,1H3,(H,20,23)(H,22,24)/b21-11-. The largest absolute Gasteiger partial charge is 0.398 e. The molecule has 0 fully saturated rings. The zero-order valence-electron chi connectivity index (χ0n) is 13.0. The lowest BCUT2D eigenvalue weighted by Crippen LogP contribution is -2.22. The highest BCUT2D eigenvalue weighted by Gasteiger charge is 2.09. The lowest BCUT2D eigenvalue weighted by atomic mass is 10.2. The molecule has 2 amide bonds. The minimum absolute atomic E-state index is 0.0488. The van der Waals surface area contributed by atoms with Gasteiger partial charge in [-0.1, -0.05) is 23.7 Å². The van der Waals surface area contributed by atoms with Gasteiger partial charge in [0.05, 0.1) is 12.0 Å². The third-order valence-electron chi connectivity index (χ3n) is 3.10. The van der Waals surface area contributed by atoms with Crippen LogP contribution in [-0.4, -0.2) is 17.5 Å². The monoisotopic (exact) mass is 344 g/mol. The number of hydrazone groups is 1. The summed E-state index contributed by atoms with van der Waals surface area (Å²) < 4.78 is 0. The van der Waals surface area contributed by atoms with E-state index in [1.165, 1.54) is 0 Å². The van der Waals surface area contributed by atoms with E-state index in [1.54, 1.807) is 55.5 Å². The average Bonchev–Trinajstić information content (AvgIpc) is 2.55. The third kappa shape index (κ3) is 5.10. The van der Waals surface area contributed by atoms with E-state index in [0.29, 0.717) is 27.7 Å². The van der Waals surface area contributed by atoms with Crippen molar-refractivity contribution in [3.05, 3.63) is 59.1 Å². The second kappa shape index (κ2) is 8.12. The van der Waals surface area contributed by atoms with Crippen LogP contribution >= 0.6 is 11.6 Å². The Morgan fingerprint density at radius 1 is 1.12 bits per heavy atom. The fraction of sp³-hybridized carbons (Fsp3) is 0.118. The molecule has 2 rings (SSSR count). The highest BCUT2D eigenvalue weighted by Crippen LogP contribution is 2.13. The molecule has 0 aliphatic carbocycles. The topological polar surface area (TPSA) is 96.6 Å². The van der Waals surface area contributed by atoms with Gasteiger partial charge in [0, 0.05) is 22.1 Å². The number of para-hydroxylation sites is 1. The number of nitrogens with zero attached hydrogens (tertiary/aromatic N) is 1. The molecule has 0 atom stereocenters. The summed E-state index contributed by atoms with van der Waals surface area (Å²) in [4.78, 5) is 23.9. The molecule has 24 heavy (non-hydrogen) atoms. The second-order valence-corrected chi connectivity index (χ2v) is 5.54. The van der Waals surface area contributed by atoms with Crippen LogP contribution < -0.4 is 16.5 Å². The summed E-state index contributed by atoms with van der Waals surface area (Å²) in [7, 11) is 0. The maximum atomic E-state index is 12.0. The highest BCUT2D eigenvalue weighted by molar-refractivity contribution is 6.30. The van der Waals surface area contributed by atoms with E-state index in [9.17, 15) is 9.59 Å². The van der Waals surface area contributed by atoms with E-state index in [-0.39, 0.29) is 12.3 Å². The van der Waals surface area contributed by atoms with Crippen molar-refractivity contribution in [2.45, 2.75) is 13.3 Å². The van der Waals surface area contributed by atoms with Crippen LogP contribution in [0.25, 0.3) is 0 Å². The number of benzene rings is 2. The molecule has 0 aliphatic heterocycles. The number of halogens is 1. The number of rotatable bonds is 5. The first-order valence-electron chi connectivity index (χ1n) is 7.19. The molecule has 0 aliphatic rings. The van der Waals surface area contributed by atoms with Crippen molar-refractivity contribution in [2.24, 2.45) is 5.10 Å². The zero-order chi connectivity index (χ0) is 17.5. The average molecular weight is 345 g/mol. The van der Waals surface area contributed by atoms with E-state index in [4.69, 9.17) is 17.3 Å². The number of anilines is 2. The third-order valence-corrected chi connectivity index (χ3v) is 3.35. The molecule has 0 heterocycles. The quantitative estimate of drug-likeness (QED) is 0.442. The van der Waals surface area contributed by atoms with Gasteiger partial charge in [0.2, 0.25) is 5.91 Å². The Morgan fingerprint density at radius 3 is 2.46 bits per heavy atom. The first kappa shape index (κ1) is 17.5. The Bertz CT molecular complexity index is 772. The normalized spacial score (nSPS) is 11.0. The van der Waals surface area contributed by atoms with Gasteiger partial charge in [0.1, 0.15) is 0 Å². The predicted octanol–water partition coefficient (Wildman–Crippen LogP) is 3.06. The van der Waals surface area contributed by atoms with Gasteiger partial charge in [-0.3, -0.25) is 9.59 Å². The molecule has 6 nitrogen and oxygen atoms in total. The number of amides is 2. The molecule has 0 radical (unpaired) electrons. The van der Waals surface area contributed by atoms with Crippen LogP contribution in [0.3, 0.4) is 0 Å². The van der Waals surface area contributed by atoms with Crippen LogP contribution in [0.5, 0.6) is 0 Å². The number of carbonyl (C=O) groups is 2. The van der Waals surface area contributed by atoms with Gasteiger partial charge in [0.15, 0.2) is 0 Å². The van der Waals surface area contributed by atoms with Crippen molar-refractivity contribution in [2.75, 3.05) is 11.1 Å². The Morgan fingerprint density at radius 2 is 1.79 bits per heavy atom. The van der Waals surface area contributed by atoms with Gasteiger partial charge in [-0.15, -0.1) is 0 Å². The fourth-order valence-corrected chi connectivity index (χ4v) is 2.05. The molecule has 0 saturated heterocycles. The second-order valence-electron chi connectivity index (χ2n) is 5.11. The maximum absolute atomic E-state index is 12.0. The number of nitrogens with one attached hydrogen (secondary N) is 2. The summed E-state index contributed by atoms with van der Waals surface area (Å²) in [5.74, 6) is -0.669. The van der Waals surface area contributed by atoms with Crippen molar-refractivity contribution < 1.29 is 9.59 Å². The molecule has 2 aromatic carbocycles. The van der Waals surface area contributed by atoms with Crippen molar-refractivity contribution in [3.63, 3.8) is 0 Å². The summed E-state index contributed by atoms with van der Waals surface area (Å²) in [6, 6.07) is 13.4. The highest BCUT2D eigenvalue weighted by atomic mass is 35.5. The van der Waals surface area contributed by atoms with Crippen molar-refractivity contribution in [3.8, 4) is 0 Å². The van der Waals surface area contributed by atoms with Crippen LogP contribution in [0.2, 0.25) is 5.02 Å². The lowest BCUT2D eigenvalue weighted by molar-refractivity contribution is -0.115.